The lowest BCUT2D eigenvalue weighted by atomic mass is 10.00. The van der Waals surface area contributed by atoms with Crippen LogP contribution in [0.15, 0.2) is 54.6 Å². The first-order valence-electron chi connectivity index (χ1n) is 5.42. The standard InChI is InChI=1S/C14H16N2/c15-10-14(16)13-8-4-7-12(9-13)11-5-2-1-3-6-11/h1-9,14H,10,15-16H2. The SMILES string of the molecule is NCC(N)c1cccc(-c2ccccc2)c1. The molecule has 0 spiro atoms. The molecule has 0 saturated heterocycles. The molecule has 0 aliphatic rings. The molecule has 1 unspecified atom stereocenters. The molecule has 0 aliphatic carbocycles. The number of nitrogens with two attached hydrogens (primary N) is 2. The lowest BCUT2D eigenvalue weighted by Crippen LogP contribution is -2.20. The Labute approximate surface area is 95.9 Å². The fourth-order valence-corrected chi connectivity index (χ4v) is 1.72. The van der Waals surface area contributed by atoms with E-state index in [2.05, 4.69) is 24.3 Å². The summed E-state index contributed by atoms with van der Waals surface area (Å²) in [5.41, 5.74) is 15.0. The summed E-state index contributed by atoms with van der Waals surface area (Å²) in [7, 11) is 0. The van der Waals surface area contributed by atoms with E-state index in [4.69, 9.17) is 11.5 Å². The first kappa shape index (κ1) is 10.9. The molecule has 1 atom stereocenters. The smallest absolute Gasteiger partial charge is 0.0419 e. The lowest BCUT2D eigenvalue weighted by molar-refractivity contribution is 0.737. The molecule has 16 heavy (non-hydrogen) atoms. The third-order valence-electron chi connectivity index (χ3n) is 2.68. The van der Waals surface area contributed by atoms with E-state index >= 15 is 0 Å². The molecule has 0 radical (unpaired) electrons. The van der Waals surface area contributed by atoms with Crippen molar-refractivity contribution in [2.45, 2.75) is 6.04 Å². The summed E-state index contributed by atoms with van der Waals surface area (Å²) >= 11 is 0. The highest BCUT2D eigenvalue weighted by molar-refractivity contribution is 5.64. The van der Waals surface area contributed by atoms with Crippen LogP contribution in [0.1, 0.15) is 11.6 Å². The molecule has 2 nitrogen and oxygen atoms in total. The largest absolute Gasteiger partial charge is 0.329 e. The van der Waals surface area contributed by atoms with E-state index in [0.717, 1.165) is 5.56 Å². The molecule has 2 heteroatoms. The van der Waals surface area contributed by atoms with Crippen LogP contribution in [0.4, 0.5) is 0 Å². The molecule has 0 bridgehead atoms. The molecule has 2 aromatic rings. The highest BCUT2D eigenvalue weighted by Crippen LogP contribution is 2.21. The molecular weight excluding hydrogens is 196 g/mol. The van der Waals surface area contributed by atoms with Crippen molar-refractivity contribution in [1.29, 1.82) is 0 Å². The van der Waals surface area contributed by atoms with Gasteiger partial charge in [-0.15, -0.1) is 0 Å². The molecule has 0 aliphatic heterocycles. The van der Waals surface area contributed by atoms with Crippen LogP contribution >= 0.6 is 0 Å². The van der Waals surface area contributed by atoms with Gasteiger partial charge in [-0.1, -0.05) is 48.5 Å². The Bertz CT molecular complexity index is 451. The van der Waals surface area contributed by atoms with Gasteiger partial charge in [0.1, 0.15) is 0 Å². The van der Waals surface area contributed by atoms with Crippen LogP contribution in [0.2, 0.25) is 0 Å². The zero-order chi connectivity index (χ0) is 11.4. The Hall–Kier alpha value is -1.64. The van der Waals surface area contributed by atoms with Gasteiger partial charge in [-0.25, -0.2) is 0 Å². The fraction of sp³-hybridized carbons (Fsp3) is 0.143. The quantitative estimate of drug-likeness (QED) is 0.820. The summed E-state index contributed by atoms with van der Waals surface area (Å²) in [6.45, 7) is 0.470. The Balaban J connectivity index is 2.36. The maximum Gasteiger partial charge on any atom is 0.0419 e. The van der Waals surface area contributed by atoms with Crippen molar-refractivity contribution in [1.82, 2.24) is 0 Å². The minimum atomic E-state index is -0.0799. The molecule has 0 aromatic heterocycles. The van der Waals surface area contributed by atoms with E-state index in [1.807, 2.05) is 30.3 Å². The van der Waals surface area contributed by atoms with Crippen molar-refractivity contribution in [3.63, 3.8) is 0 Å². The Morgan fingerprint density at radius 2 is 1.56 bits per heavy atom. The first-order chi connectivity index (χ1) is 7.81. The molecule has 4 N–H and O–H groups in total. The van der Waals surface area contributed by atoms with Gasteiger partial charge in [0, 0.05) is 12.6 Å². The molecule has 0 amide bonds. The number of hydrogen-bond acceptors (Lipinski definition) is 2. The van der Waals surface area contributed by atoms with Gasteiger partial charge in [-0.05, 0) is 22.8 Å². The summed E-state index contributed by atoms with van der Waals surface area (Å²) in [6.07, 6.45) is 0. The highest BCUT2D eigenvalue weighted by atomic mass is 14.7. The van der Waals surface area contributed by atoms with Gasteiger partial charge in [0.2, 0.25) is 0 Å². The van der Waals surface area contributed by atoms with Crippen molar-refractivity contribution < 1.29 is 0 Å². The highest BCUT2D eigenvalue weighted by Gasteiger charge is 2.04. The zero-order valence-corrected chi connectivity index (χ0v) is 9.14. The topological polar surface area (TPSA) is 52.0 Å². The summed E-state index contributed by atoms with van der Waals surface area (Å²) in [6, 6.07) is 18.4. The van der Waals surface area contributed by atoms with E-state index in [1.165, 1.54) is 11.1 Å². The third kappa shape index (κ3) is 2.30. The predicted molar refractivity (Wildman–Crippen MR) is 67.9 cm³/mol. The molecule has 0 fully saturated rings. The van der Waals surface area contributed by atoms with E-state index in [0.29, 0.717) is 6.54 Å². The van der Waals surface area contributed by atoms with Crippen LogP contribution < -0.4 is 11.5 Å². The zero-order valence-electron chi connectivity index (χ0n) is 9.14. The maximum atomic E-state index is 5.92. The minimum absolute atomic E-state index is 0.0799. The first-order valence-corrected chi connectivity index (χ1v) is 5.42. The van der Waals surface area contributed by atoms with Gasteiger partial charge in [0.05, 0.1) is 0 Å². The number of rotatable bonds is 3. The van der Waals surface area contributed by atoms with Crippen molar-refractivity contribution >= 4 is 0 Å². The van der Waals surface area contributed by atoms with Crippen LogP contribution in [-0.2, 0) is 0 Å². The Morgan fingerprint density at radius 1 is 0.875 bits per heavy atom. The second-order valence-electron chi connectivity index (χ2n) is 3.83. The molecule has 2 aromatic carbocycles. The van der Waals surface area contributed by atoms with Crippen LogP contribution in [0.5, 0.6) is 0 Å². The Kier molecular flexibility index (Phi) is 3.34. The summed E-state index contributed by atoms with van der Waals surface area (Å²) in [5.74, 6) is 0. The van der Waals surface area contributed by atoms with Crippen molar-refractivity contribution in [2.75, 3.05) is 6.54 Å². The molecule has 82 valence electrons. The molecular formula is C14H16N2. The van der Waals surface area contributed by atoms with Crippen molar-refractivity contribution in [2.24, 2.45) is 11.5 Å². The molecule has 2 rings (SSSR count). The number of benzene rings is 2. The van der Waals surface area contributed by atoms with E-state index in [-0.39, 0.29) is 6.04 Å². The van der Waals surface area contributed by atoms with Crippen molar-refractivity contribution in [3.8, 4) is 11.1 Å². The Morgan fingerprint density at radius 3 is 2.25 bits per heavy atom. The summed E-state index contributed by atoms with van der Waals surface area (Å²) in [4.78, 5) is 0. The van der Waals surface area contributed by atoms with Gasteiger partial charge in [-0.3, -0.25) is 0 Å². The minimum Gasteiger partial charge on any atom is -0.329 e. The van der Waals surface area contributed by atoms with Crippen LogP contribution in [0.3, 0.4) is 0 Å². The van der Waals surface area contributed by atoms with Gasteiger partial charge >= 0.3 is 0 Å². The van der Waals surface area contributed by atoms with Gasteiger partial charge < -0.3 is 11.5 Å². The van der Waals surface area contributed by atoms with Gasteiger partial charge in [0.25, 0.3) is 0 Å². The van der Waals surface area contributed by atoms with Gasteiger partial charge in [-0.2, -0.15) is 0 Å². The monoisotopic (exact) mass is 212 g/mol. The van der Waals surface area contributed by atoms with Gasteiger partial charge in [0.15, 0.2) is 0 Å². The van der Waals surface area contributed by atoms with Crippen molar-refractivity contribution in [3.05, 3.63) is 60.2 Å². The lowest BCUT2D eigenvalue weighted by Gasteiger charge is -2.10. The maximum absolute atomic E-state index is 5.92. The van der Waals surface area contributed by atoms with Crippen LogP contribution in [0.25, 0.3) is 11.1 Å². The molecule has 0 heterocycles. The summed E-state index contributed by atoms with van der Waals surface area (Å²) in [5, 5.41) is 0. The predicted octanol–water partition coefficient (Wildman–Crippen LogP) is 2.31. The second-order valence-corrected chi connectivity index (χ2v) is 3.83. The normalized spacial score (nSPS) is 12.4. The van der Waals surface area contributed by atoms with Crippen LogP contribution in [0, 0.1) is 0 Å². The number of hydrogen-bond donors (Lipinski definition) is 2. The average Bonchev–Trinajstić information content (AvgIpc) is 2.39. The van der Waals surface area contributed by atoms with E-state index in [9.17, 15) is 0 Å². The molecule has 0 saturated carbocycles. The van der Waals surface area contributed by atoms with E-state index < -0.39 is 0 Å². The second kappa shape index (κ2) is 4.92. The van der Waals surface area contributed by atoms with Crippen LogP contribution in [-0.4, -0.2) is 6.54 Å². The fourth-order valence-electron chi connectivity index (χ4n) is 1.72. The summed E-state index contributed by atoms with van der Waals surface area (Å²) < 4.78 is 0. The average molecular weight is 212 g/mol. The third-order valence-corrected chi connectivity index (χ3v) is 2.68. The van der Waals surface area contributed by atoms with E-state index in [1.54, 1.807) is 0 Å².